The number of nitrogens with two attached hydrogens (primary N) is 1. The highest BCUT2D eigenvalue weighted by Crippen LogP contribution is 2.26. The molecule has 0 heterocycles. The van der Waals surface area contributed by atoms with Crippen molar-refractivity contribution in [2.75, 3.05) is 6.61 Å². The number of hydrogen-bond acceptors (Lipinski definition) is 3. The maximum absolute atomic E-state index is 5.72. The largest absolute Gasteiger partial charge is 0.376 e. The number of hydrogen-bond donors (Lipinski definition) is 2. The van der Waals surface area contributed by atoms with Crippen molar-refractivity contribution in [2.24, 2.45) is 11.3 Å². The second-order valence-corrected chi connectivity index (χ2v) is 4.54. The fourth-order valence-corrected chi connectivity index (χ4v) is 1.61. The Morgan fingerprint density at radius 2 is 2.07 bits per heavy atom. The van der Waals surface area contributed by atoms with E-state index in [2.05, 4.69) is 32.8 Å². The van der Waals surface area contributed by atoms with Gasteiger partial charge in [-0.15, -0.1) is 6.58 Å². The maximum atomic E-state index is 5.72. The Bertz CT molecular complexity index is 163. The van der Waals surface area contributed by atoms with Gasteiger partial charge in [0.25, 0.3) is 0 Å². The number of nitrogens with one attached hydrogen (secondary N) is 1. The molecule has 0 bridgehead atoms. The lowest BCUT2D eigenvalue weighted by atomic mass is 9.83. The van der Waals surface area contributed by atoms with E-state index in [4.69, 9.17) is 10.6 Å². The molecule has 3 N–H and O–H groups in total. The van der Waals surface area contributed by atoms with Gasteiger partial charge in [0.15, 0.2) is 0 Å². The Morgan fingerprint density at radius 1 is 1.50 bits per heavy atom. The monoisotopic (exact) mass is 200 g/mol. The molecular weight excluding hydrogens is 176 g/mol. The molecule has 0 saturated carbocycles. The summed E-state index contributed by atoms with van der Waals surface area (Å²) < 4.78 is 5.72. The standard InChI is InChI=1S/C11H24N2O/c1-6-8-9(13-12)10(14-7-2)11(3,4)5/h6,9-10,13H,1,7-8,12H2,2-5H3. The van der Waals surface area contributed by atoms with Gasteiger partial charge in [0, 0.05) is 6.61 Å². The first-order valence-corrected chi connectivity index (χ1v) is 5.16. The highest BCUT2D eigenvalue weighted by atomic mass is 16.5. The number of hydrazine groups is 1. The predicted molar refractivity (Wildman–Crippen MR) is 60.8 cm³/mol. The fourth-order valence-electron chi connectivity index (χ4n) is 1.61. The smallest absolute Gasteiger partial charge is 0.0792 e. The average molecular weight is 200 g/mol. The van der Waals surface area contributed by atoms with Crippen molar-refractivity contribution < 1.29 is 4.74 Å². The summed E-state index contributed by atoms with van der Waals surface area (Å²) in [5, 5.41) is 0. The first kappa shape index (κ1) is 13.6. The second kappa shape index (κ2) is 6.17. The molecule has 0 aromatic carbocycles. The molecule has 0 rings (SSSR count). The van der Waals surface area contributed by atoms with Gasteiger partial charge in [0.1, 0.15) is 0 Å². The average Bonchev–Trinajstić information content (AvgIpc) is 2.09. The van der Waals surface area contributed by atoms with Gasteiger partial charge >= 0.3 is 0 Å². The van der Waals surface area contributed by atoms with Gasteiger partial charge in [-0.1, -0.05) is 26.8 Å². The molecule has 0 aliphatic rings. The molecule has 0 spiro atoms. The van der Waals surface area contributed by atoms with Crippen molar-refractivity contribution in [1.29, 1.82) is 0 Å². The van der Waals surface area contributed by atoms with Crippen LogP contribution in [-0.4, -0.2) is 18.8 Å². The zero-order valence-corrected chi connectivity index (χ0v) is 9.84. The summed E-state index contributed by atoms with van der Waals surface area (Å²) in [5.41, 5.74) is 2.88. The van der Waals surface area contributed by atoms with Crippen molar-refractivity contribution in [1.82, 2.24) is 5.43 Å². The molecule has 0 aliphatic carbocycles. The summed E-state index contributed by atoms with van der Waals surface area (Å²) in [6.07, 6.45) is 2.79. The number of rotatable bonds is 6. The van der Waals surface area contributed by atoms with Crippen molar-refractivity contribution in [3.05, 3.63) is 12.7 Å². The van der Waals surface area contributed by atoms with Crippen LogP contribution >= 0.6 is 0 Å². The quantitative estimate of drug-likeness (QED) is 0.391. The Kier molecular flexibility index (Phi) is 6.00. The van der Waals surface area contributed by atoms with E-state index < -0.39 is 0 Å². The molecule has 0 amide bonds. The van der Waals surface area contributed by atoms with E-state index in [1.54, 1.807) is 0 Å². The van der Waals surface area contributed by atoms with Crippen LogP contribution in [0.25, 0.3) is 0 Å². The molecule has 14 heavy (non-hydrogen) atoms. The highest BCUT2D eigenvalue weighted by molar-refractivity contribution is 4.89. The van der Waals surface area contributed by atoms with Crippen LogP contribution < -0.4 is 11.3 Å². The molecular formula is C11H24N2O. The van der Waals surface area contributed by atoms with Crippen LogP contribution in [0.1, 0.15) is 34.1 Å². The SMILES string of the molecule is C=CCC(NN)C(OCC)C(C)(C)C. The van der Waals surface area contributed by atoms with Crippen molar-refractivity contribution in [2.45, 2.75) is 46.3 Å². The van der Waals surface area contributed by atoms with E-state index in [-0.39, 0.29) is 17.6 Å². The lowest BCUT2D eigenvalue weighted by Gasteiger charge is -2.36. The molecule has 0 radical (unpaired) electrons. The van der Waals surface area contributed by atoms with Gasteiger partial charge in [0.05, 0.1) is 12.1 Å². The summed E-state index contributed by atoms with van der Waals surface area (Å²) in [5.74, 6) is 5.51. The summed E-state index contributed by atoms with van der Waals surface area (Å²) >= 11 is 0. The second-order valence-electron chi connectivity index (χ2n) is 4.54. The molecule has 3 heteroatoms. The Balaban J connectivity index is 4.50. The van der Waals surface area contributed by atoms with Crippen molar-refractivity contribution in [3.63, 3.8) is 0 Å². The fraction of sp³-hybridized carbons (Fsp3) is 0.818. The minimum Gasteiger partial charge on any atom is -0.376 e. The minimum absolute atomic E-state index is 0.0794. The summed E-state index contributed by atoms with van der Waals surface area (Å²) in [4.78, 5) is 0. The van der Waals surface area contributed by atoms with E-state index >= 15 is 0 Å². The lowest BCUT2D eigenvalue weighted by molar-refractivity contribution is -0.0350. The molecule has 0 aliphatic heterocycles. The van der Waals surface area contributed by atoms with Gasteiger partial charge in [-0.05, 0) is 18.8 Å². The van der Waals surface area contributed by atoms with E-state index in [1.807, 2.05) is 13.0 Å². The Hall–Kier alpha value is -0.380. The van der Waals surface area contributed by atoms with Crippen molar-refractivity contribution >= 4 is 0 Å². The third kappa shape index (κ3) is 4.22. The molecule has 84 valence electrons. The van der Waals surface area contributed by atoms with Crippen LogP contribution in [0.5, 0.6) is 0 Å². The normalized spacial score (nSPS) is 16.4. The van der Waals surface area contributed by atoms with E-state index in [0.29, 0.717) is 6.61 Å². The molecule has 3 nitrogen and oxygen atoms in total. The first-order valence-electron chi connectivity index (χ1n) is 5.16. The Morgan fingerprint density at radius 3 is 2.36 bits per heavy atom. The van der Waals surface area contributed by atoms with E-state index in [1.165, 1.54) is 0 Å². The molecule has 2 atom stereocenters. The summed E-state index contributed by atoms with van der Waals surface area (Å²) in [6.45, 7) is 12.9. The van der Waals surface area contributed by atoms with E-state index in [9.17, 15) is 0 Å². The van der Waals surface area contributed by atoms with Gasteiger partial charge < -0.3 is 4.74 Å². The maximum Gasteiger partial charge on any atom is 0.0792 e. The molecule has 0 aromatic heterocycles. The van der Waals surface area contributed by atoms with E-state index in [0.717, 1.165) is 6.42 Å². The summed E-state index contributed by atoms with van der Waals surface area (Å²) in [7, 11) is 0. The third-order valence-corrected chi connectivity index (χ3v) is 2.20. The minimum atomic E-state index is 0.0794. The summed E-state index contributed by atoms with van der Waals surface area (Å²) in [6, 6.07) is 0.132. The predicted octanol–water partition coefficient (Wildman–Crippen LogP) is 1.85. The van der Waals surface area contributed by atoms with Crippen molar-refractivity contribution in [3.8, 4) is 0 Å². The zero-order valence-electron chi connectivity index (χ0n) is 9.84. The molecule has 0 fully saturated rings. The zero-order chi connectivity index (χ0) is 11.2. The molecule has 0 aromatic rings. The van der Waals surface area contributed by atoms with Gasteiger partial charge in [0.2, 0.25) is 0 Å². The van der Waals surface area contributed by atoms with Gasteiger partial charge in [-0.25, -0.2) is 0 Å². The van der Waals surface area contributed by atoms with Crippen LogP contribution in [0.3, 0.4) is 0 Å². The van der Waals surface area contributed by atoms with Crippen LogP contribution in [0, 0.1) is 5.41 Å². The van der Waals surface area contributed by atoms with Gasteiger partial charge in [-0.3, -0.25) is 11.3 Å². The van der Waals surface area contributed by atoms with Gasteiger partial charge in [-0.2, -0.15) is 0 Å². The first-order chi connectivity index (χ1) is 6.47. The van der Waals surface area contributed by atoms with Crippen LogP contribution in [-0.2, 0) is 4.74 Å². The molecule has 0 saturated heterocycles. The number of ether oxygens (including phenoxy) is 1. The lowest BCUT2D eigenvalue weighted by Crippen LogP contribution is -2.50. The molecule has 2 unspecified atom stereocenters. The topological polar surface area (TPSA) is 47.3 Å². The van der Waals surface area contributed by atoms with Crippen LogP contribution in [0.4, 0.5) is 0 Å². The highest BCUT2D eigenvalue weighted by Gasteiger charge is 2.31. The third-order valence-electron chi connectivity index (χ3n) is 2.20. The Labute approximate surface area is 87.7 Å². The van der Waals surface area contributed by atoms with Crippen LogP contribution in [0.15, 0.2) is 12.7 Å². The van der Waals surface area contributed by atoms with Crippen LogP contribution in [0.2, 0.25) is 0 Å².